The third kappa shape index (κ3) is 5.26. The van der Waals surface area contributed by atoms with Gasteiger partial charge in [-0.05, 0) is 91.0 Å². The van der Waals surface area contributed by atoms with Gasteiger partial charge in [-0.1, -0.05) is 146 Å². The molecule has 0 aromatic heterocycles. The second-order valence-corrected chi connectivity index (χ2v) is 11.1. The molecule has 0 unspecified atom stereocenters. The number of nitrogens with zero attached hydrogens (tertiary/aromatic N) is 2. The number of hydrogen-bond donors (Lipinski definition) is 0. The first-order valence-corrected chi connectivity index (χ1v) is 15.2. The molecule has 0 saturated carbocycles. The van der Waals surface area contributed by atoms with Gasteiger partial charge in [-0.15, -0.1) is 0 Å². The Morgan fingerprint density at radius 3 is 0.630 bits per heavy atom. The van der Waals surface area contributed by atoms with E-state index in [0.717, 1.165) is 66.8 Å². The van der Waals surface area contributed by atoms with Gasteiger partial charge in [0.05, 0.1) is 23.3 Å². The van der Waals surface area contributed by atoms with E-state index in [9.17, 15) is 10.5 Å². The second-order valence-electron chi connectivity index (χ2n) is 11.1. The Hall–Kier alpha value is -6.48. The lowest BCUT2D eigenvalue weighted by atomic mass is 9.74. The summed E-state index contributed by atoms with van der Waals surface area (Å²) in [5.74, 6) is 0. The molecular formula is C44H28N2. The van der Waals surface area contributed by atoms with E-state index in [4.69, 9.17) is 0 Å². The average Bonchev–Trinajstić information content (AvgIpc) is 3.15. The van der Waals surface area contributed by atoms with Gasteiger partial charge >= 0.3 is 0 Å². The van der Waals surface area contributed by atoms with Crippen LogP contribution >= 0.6 is 0 Å². The van der Waals surface area contributed by atoms with E-state index in [2.05, 4.69) is 133 Å². The molecule has 0 fully saturated rings. The third-order valence-electron chi connectivity index (χ3n) is 8.36. The number of hydrogen-bond acceptors (Lipinski definition) is 2. The Balaban J connectivity index is 1.80. The van der Waals surface area contributed by atoms with Crippen molar-refractivity contribution in [1.82, 2.24) is 0 Å². The SMILES string of the molecule is N#Cc1ccc(-c2c(-c3ccccc3)c(-c3ccccc3)c(-c3ccc(C#N)cc3)c(-c3ccccc3)c2-c2ccccc2)cc1. The van der Waals surface area contributed by atoms with Gasteiger partial charge in [-0.25, -0.2) is 0 Å². The molecule has 0 bridgehead atoms. The zero-order valence-corrected chi connectivity index (χ0v) is 25.1. The Kier molecular flexibility index (Phi) is 7.77. The van der Waals surface area contributed by atoms with Crippen LogP contribution < -0.4 is 0 Å². The molecule has 7 aromatic carbocycles. The summed E-state index contributed by atoms with van der Waals surface area (Å²) in [5.41, 5.74) is 14.3. The lowest BCUT2D eigenvalue weighted by Crippen LogP contribution is -2.02. The monoisotopic (exact) mass is 584 g/mol. The minimum absolute atomic E-state index is 0.618. The minimum atomic E-state index is 0.618. The lowest BCUT2D eigenvalue weighted by Gasteiger charge is -2.28. The highest BCUT2D eigenvalue weighted by molar-refractivity contribution is 6.15. The summed E-state index contributed by atoms with van der Waals surface area (Å²) in [4.78, 5) is 0. The molecule has 0 saturated heterocycles. The standard InChI is InChI=1S/C44H28N2/c45-29-31-21-25-37(26-22-31)43-39(33-13-5-1-6-14-33)40(34-15-7-2-8-16-34)44(38-27-23-32(30-46)24-28-38)42(36-19-11-4-12-20-36)41(43)35-17-9-3-10-18-35/h1-28H. The van der Waals surface area contributed by atoms with Crippen molar-refractivity contribution in [3.8, 4) is 78.9 Å². The van der Waals surface area contributed by atoms with Crippen LogP contribution in [0.2, 0.25) is 0 Å². The Morgan fingerprint density at radius 1 is 0.239 bits per heavy atom. The van der Waals surface area contributed by atoms with E-state index >= 15 is 0 Å². The van der Waals surface area contributed by atoms with Gasteiger partial charge in [0, 0.05) is 0 Å². The zero-order valence-electron chi connectivity index (χ0n) is 25.1. The minimum Gasteiger partial charge on any atom is -0.192 e. The molecule has 0 aliphatic carbocycles. The van der Waals surface area contributed by atoms with Gasteiger partial charge in [0.25, 0.3) is 0 Å². The molecule has 7 rings (SSSR count). The molecule has 0 heterocycles. The zero-order chi connectivity index (χ0) is 31.3. The van der Waals surface area contributed by atoms with Crippen LogP contribution in [0.4, 0.5) is 0 Å². The topological polar surface area (TPSA) is 47.6 Å². The van der Waals surface area contributed by atoms with E-state index in [-0.39, 0.29) is 0 Å². The van der Waals surface area contributed by atoms with Crippen molar-refractivity contribution in [2.75, 3.05) is 0 Å². The highest BCUT2D eigenvalue weighted by atomic mass is 14.3. The quantitative estimate of drug-likeness (QED) is 0.195. The summed E-state index contributed by atoms with van der Waals surface area (Å²) in [6, 6.07) is 62.7. The van der Waals surface area contributed by atoms with E-state index < -0.39 is 0 Å². The predicted octanol–water partition coefficient (Wildman–Crippen LogP) is 11.4. The molecule has 7 aromatic rings. The summed E-state index contributed by atoms with van der Waals surface area (Å²) < 4.78 is 0. The molecule has 0 aliphatic heterocycles. The summed E-state index contributed by atoms with van der Waals surface area (Å²) in [6.07, 6.45) is 0. The van der Waals surface area contributed by atoms with Crippen LogP contribution in [0.3, 0.4) is 0 Å². The maximum absolute atomic E-state index is 9.68. The van der Waals surface area contributed by atoms with Crippen LogP contribution in [0, 0.1) is 22.7 Å². The Morgan fingerprint density at radius 2 is 0.435 bits per heavy atom. The molecule has 0 N–H and O–H groups in total. The molecule has 0 amide bonds. The fourth-order valence-electron chi connectivity index (χ4n) is 6.32. The van der Waals surface area contributed by atoms with Crippen LogP contribution in [0.1, 0.15) is 11.1 Å². The maximum atomic E-state index is 9.68. The molecule has 2 nitrogen and oxygen atoms in total. The van der Waals surface area contributed by atoms with Crippen LogP contribution in [0.5, 0.6) is 0 Å². The van der Waals surface area contributed by atoms with E-state index in [0.29, 0.717) is 11.1 Å². The van der Waals surface area contributed by atoms with Crippen LogP contribution in [-0.2, 0) is 0 Å². The van der Waals surface area contributed by atoms with E-state index in [1.54, 1.807) is 0 Å². The first-order chi connectivity index (χ1) is 22.8. The molecule has 0 spiro atoms. The first kappa shape index (κ1) is 28.3. The van der Waals surface area contributed by atoms with Crippen molar-refractivity contribution < 1.29 is 0 Å². The molecule has 0 atom stereocenters. The summed E-state index contributed by atoms with van der Waals surface area (Å²) in [7, 11) is 0. The van der Waals surface area contributed by atoms with Crippen molar-refractivity contribution in [2.24, 2.45) is 0 Å². The molecule has 2 heteroatoms. The van der Waals surface area contributed by atoms with Crippen molar-refractivity contribution in [3.05, 3.63) is 181 Å². The van der Waals surface area contributed by atoms with Crippen molar-refractivity contribution in [1.29, 1.82) is 10.5 Å². The normalized spacial score (nSPS) is 10.6. The van der Waals surface area contributed by atoms with Crippen LogP contribution in [0.15, 0.2) is 170 Å². The van der Waals surface area contributed by atoms with Gasteiger partial charge in [0.15, 0.2) is 0 Å². The Labute approximate surface area is 269 Å². The number of rotatable bonds is 6. The molecule has 0 radical (unpaired) electrons. The summed E-state index contributed by atoms with van der Waals surface area (Å²) in [5, 5.41) is 19.4. The van der Waals surface area contributed by atoms with Gasteiger partial charge in [0.1, 0.15) is 0 Å². The molecular weight excluding hydrogens is 556 g/mol. The average molecular weight is 585 g/mol. The van der Waals surface area contributed by atoms with Crippen molar-refractivity contribution in [2.45, 2.75) is 0 Å². The smallest absolute Gasteiger partial charge is 0.0991 e. The van der Waals surface area contributed by atoms with Gasteiger partial charge in [-0.2, -0.15) is 10.5 Å². The second kappa shape index (κ2) is 12.6. The highest BCUT2D eigenvalue weighted by Crippen LogP contribution is 2.55. The van der Waals surface area contributed by atoms with Gasteiger partial charge in [-0.3, -0.25) is 0 Å². The largest absolute Gasteiger partial charge is 0.192 e. The number of benzene rings is 7. The fourth-order valence-corrected chi connectivity index (χ4v) is 6.32. The predicted molar refractivity (Wildman–Crippen MR) is 188 cm³/mol. The third-order valence-corrected chi connectivity index (χ3v) is 8.36. The number of nitriles is 2. The van der Waals surface area contributed by atoms with Gasteiger partial charge < -0.3 is 0 Å². The van der Waals surface area contributed by atoms with E-state index in [1.165, 1.54) is 0 Å². The summed E-state index contributed by atoms with van der Waals surface area (Å²) in [6.45, 7) is 0. The first-order valence-electron chi connectivity index (χ1n) is 15.2. The van der Waals surface area contributed by atoms with Crippen LogP contribution in [0.25, 0.3) is 66.8 Å². The fraction of sp³-hybridized carbons (Fsp3) is 0. The molecule has 0 aliphatic rings. The van der Waals surface area contributed by atoms with Crippen LogP contribution in [-0.4, -0.2) is 0 Å². The molecule has 46 heavy (non-hydrogen) atoms. The van der Waals surface area contributed by atoms with Gasteiger partial charge in [0.2, 0.25) is 0 Å². The van der Waals surface area contributed by atoms with E-state index in [1.807, 2.05) is 48.5 Å². The molecule has 214 valence electrons. The Bertz CT molecular complexity index is 1940. The van der Waals surface area contributed by atoms with Crippen molar-refractivity contribution >= 4 is 0 Å². The maximum Gasteiger partial charge on any atom is 0.0991 e. The van der Waals surface area contributed by atoms with Crippen molar-refractivity contribution in [3.63, 3.8) is 0 Å². The summed E-state index contributed by atoms with van der Waals surface area (Å²) >= 11 is 0. The highest BCUT2D eigenvalue weighted by Gasteiger charge is 2.28. The lowest BCUT2D eigenvalue weighted by molar-refractivity contribution is 1.47.